The molecule has 0 aliphatic rings. The van der Waals surface area contributed by atoms with Crippen LogP contribution in [0.1, 0.15) is 18.1 Å². The lowest BCUT2D eigenvalue weighted by Crippen LogP contribution is -1.98. The molecule has 2 rings (SSSR count). The molecule has 0 atom stereocenters. The van der Waals surface area contributed by atoms with E-state index in [2.05, 4.69) is 6.58 Å². The topological polar surface area (TPSA) is 89.9 Å². The van der Waals surface area contributed by atoms with Gasteiger partial charge in [-0.3, -0.25) is 0 Å². The van der Waals surface area contributed by atoms with Crippen molar-refractivity contribution in [1.29, 1.82) is 0 Å². The van der Waals surface area contributed by atoms with E-state index in [1.165, 1.54) is 19.4 Å². The molecule has 0 heterocycles. The van der Waals surface area contributed by atoms with E-state index >= 15 is 0 Å². The molecule has 0 bridgehead atoms. The summed E-state index contributed by atoms with van der Waals surface area (Å²) in [7, 11) is 0. The molecule has 0 saturated carbocycles. The Kier molecular flexibility index (Phi) is 11.1. The van der Waals surface area contributed by atoms with Crippen molar-refractivity contribution >= 4 is 30.1 Å². The highest BCUT2D eigenvalue weighted by Crippen LogP contribution is 2.02. The summed E-state index contributed by atoms with van der Waals surface area (Å²) in [6.45, 7) is 4.60. The molecular formula is C24H22O6. The molecule has 0 aromatic heterocycles. The summed E-state index contributed by atoms with van der Waals surface area (Å²) in [5, 5.41) is 7.89. The molecule has 0 aliphatic heterocycles. The fraction of sp³-hybridized carbons (Fsp3) is 0.0417. The van der Waals surface area contributed by atoms with Crippen LogP contribution in [0.5, 0.6) is 0 Å². The summed E-state index contributed by atoms with van der Waals surface area (Å²) in [6, 6.07) is 18.8. The first-order chi connectivity index (χ1) is 14.4. The zero-order chi connectivity index (χ0) is 22.2. The van der Waals surface area contributed by atoms with Crippen LogP contribution < -0.4 is 0 Å². The number of carboxylic acid groups (broad SMARTS) is 1. The Labute approximate surface area is 175 Å². The first kappa shape index (κ1) is 23.8. The molecule has 30 heavy (non-hydrogen) atoms. The first-order valence-corrected chi connectivity index (χ1v) is 8.80. The van der Waals surface area contributed by atoms with Gasteiger partial charge >= 0.3 is 17.9 Å². The number of hydrogen-bond donors (Lipinski definition) is 1. The van der Waals surface area contributed by atoms with Crippen molar-refractivity contribution in [3.05, 3.63) is 109 Å². The molecule has 0 unspecified atom stereocenters. The molecule has 1 N–H and O–H groups in total. The van der Waals surface area contributed by atoms with E-state index in [-0.39, 0.29) is 5.57 Å². The van der Waals surface area contributed by atoms with Crippen LogP contribution in [0.25, 0.3) is 12.2 Å². The molecule has 0 spiro atoms. The van der Waals surface area contributed by atoms with Gasteiger partial charge in [-0.25, -0.2) is 14.4 Å². The Morgan fingerprint density at radius 2 is 1.10 bits per heavy atom. The van der Waals surface area contributed by atoms with Crippen LogP contribution in [0.3, 0.4) is 0 Å². The highest BCUT2D eigenvalue weighted by atomic mass is 16.5. The zero-order valence-corrected chi connectivity index (χ0v) is 16.4. The number of esters is 2. The predicted octanol–water partition coefficient (Wildman–Crippen LogP) is 4.62. The smallest absolute Gasteiger partial charge is 0.335 e. The second kappa shape index (κ2) is 13.9. The van der Waals surface area contributed by atoms with E-state index in [4.69, 9.17) is 14.6 Å². The maximum Gasteiger partial charge on any atom is 0.335 e. The molecule has 0 saturated heterocycles. The maximum absolute atomic E-state index is 11.4. The van der Waals surface area contributed by atoms with Gasteiger partial charge in [-0.1, -0.05) is 67.2 Å². The molecule has 154 valence electrons. The van der Waals surface area contributed by atoms with E-state index in [0.29, 0.717) is 0 Å². The van der Waals surface area contributed by atoms with E-state index in [0.717, 1.165) is 23.3 Å². The fourth-order valence-electron chi connectivity index (χ4n) is 1.70. The Bertz CT molecular complexity index is 847. The van der Waals surface area contributed by atoms with Crippen LogP contribution in [-0.4, -0.2) is 23.0 Å². The third kappa shape index (κ3) is 11.5. The monoisotopic (exact) mass is 406 g/mol. The number of carbonyl (C=O) groups excluding carboxylic acids is 2. The lowest BCUT2D eigenvalue weighted by atomic mass is 10.2. The number of hydrogen-bond acceptors (Lipinski definition) is 5. The van der Waals surface area contributed by atoms with Crippen LogP contribution in [-0.2, 0) is 23.9 Å². The van der Waals surface area contributed by atoms with Crippen molar-refractivity contribution in [3.63, 3.8) is 0 Å². The molecule has 2 aromatic carbocycles. The second-order valence-electron chi connectivity index (χ2n) is 5.72. The quantitative estimate of drug-likeness (QED) is 0.410. The van der Waals surface area contributed by atoms with Crippen LogP contribution in [0.15, 0.2) is 97.5 Å². The van der Waals surface area contributed by atoms with Gasteiger partial charge in [-0.05, 0) is 30.2 Å². The molecule has 0 aliphatic carbocycles. The third-order valence-electron chi connectivity index (χ3n) is 3.21. The molecule has 0 amide bonds. The van der Waals surface area contributed by atoms with Crippen molar-refractivity contribution < 1.29 is 29.0 Å². The predicted molar refractivity (Wildman–Crippen MR) is 115 cm³/mol. The van der Waals surface area contributed by atoms with Crippen molar-refractivity contribution in [2.75, 3.05) is 0 Å². The van der Waals surface area contributed by atoms with E-state index in [9.17, 15) is 14.4 Å². The average Bonchev–Trinajstić information content (AvgIpc) is 2.74. The van der Waals surface area contributed by atoms with Gasteiger partial charge in [0.15, 0.2) is 0 Å². The summed E-state index contributed by atoms with van der Waals surface area (Å²) in [6.07, 6.45) is 7.84. The van der Waals surface area contributed by atoms with Gasteiger partial charge in [0.25, 0.3) is 0 Å². The molecule has 0 radical (unpaired) electrons. The summed E-state index contributed by atoms with van der Waals surface area (Å²) in [5.74, 6) is -2.26. The highest BCUT2D eigenvalue weighted by molar-refractivity contribution is 5.92. The molecule has 6 nitrogen and oxygen atoms in total. The van der Waals surface area contributed by atoms with Crippen molar-refractivity contribution in [3.8, 4) is 0 Å². The number of ether oxygens (including phenoxy) is 2. The van der Waals surface area contributed by atoms with Gasteiger partial charge in [0.1, 0.15) is 0 Å². The number of aliphatic carboxylic acids is 1. The van der Waals surface area contributed by atoms with Crippen LogP contribution in [0, 0.1) is 0 Å². The summed E-state index contributed by atoms with van der Waals surface area (Å²) < 4.78 is 9.68. The minimum Gasteiger partial charge on any atom is -0.478 e. The number of carbonyl (C=O) groups is 3. The second-order valence-corrected chi connectivity index (χ2v) is 5.72. The normalized spacial score (nSPS) is 10.4. The standard InChI is InChI=1S/C20H16O4.C4H6O2/c21-19(23-15-13-17-7-3-1-4-8-17)11-12-20(22)24-16-14-18-9-5-2-6-10-18;1-3(2)4(5)6/h1-16H;1H2,2H3,(H,5,6)/b12-11+,15-13?,16-14?;. The Morgan fingerprint density at radius 3 is 1.40 bits per heavy atom. The first-order valence-electron chi connectivity index (χ1n) is 8.80. The minimum atomic E-state index is -0.935. The van der Waals surface area contributed by atoms with E-state index in [1.807, 2.05) is 60.7 Å². The number of rotatable bonds is 7. The van der Waals surface area contributed by atoms with Crippen LogP contribution in [0.2, 0.25) is 0 Å². The third-order valence-corrected chi connectivity index (χ3v) is 3.21. The molecule has 0 fully saturated rings. The largest absolute Gasteiger partial charge is 0.478 e. The highest BCUT2D eigenvalue weighted by Gasteiger charge is 1.98. The summed E-state index contributed by atoms with van der Waals surface area (Å²) in [4.78, 5) is 32.5. The van der Waals surface area contributed by atoms with Gasteiger partial charge in [0.2, 0.25) is 0 Å². The van der Waals surface area contributed by atoms with Gasteiger partial charge in [0.05, 0.1) is 12.5 Å². The summed E-state index contributed by atoms with van der Waals surface area (Å²) in [5.41, 5.74) is 1.98. The SMILES string of the molecule is C=C(C)C(=O)O.O=C(/C=C/C(=O)OC=Cc1ccccc1)OC=Cc1ccccc1. The van der Waals surface area contributed by atoms with Gasteiger partial charge < -0.3 is 14.6 Å². The maximum atomic E-state index is 11.4. The van der Waals surface area contributed by atoms with Crippen molar-refractivity contribution in [2.24, 2.45) is 0 Å². The summed E-state index contributed by atoms with van der Waals surface area (Å²) >= 11 is 0. The number of carboxylic acids is 1. The van der Waals surface area contributed by atoms with E-state index < -0.39 is 17.9 Å². The fourth-order valence-corrected chi connectivity index (χ4v) is 1.70. The Morgan fingerprint density at radius 1 is 0.767 bits per heavy atom. The van der Waals surface area contributed by atoms with Gasteiger partial charge in [-0.2, -0.15) is 0 Å². The lowest BCUT2D eigenvalue weighted by molar-refractivity contribution is -0.135. The average molecular weight is 406 g/mol. The minimum absolute atomic E-state index is 0.176. The Balaban J connectivity index is 0.000000656. The van der Waals surface area contributed by atoms with E-state index in [1.54, 1.807) is 12.2 Å². The molecular weight excluding hydrogens is 384 g/mol. The number of benzene rings is 2. The van der Waals surface area contributed by atoms with Gasteiger partial charge in [-0.15, -0.1) is 0 Å². The lowest BCUT2D eigenvalue weighted by Gasteiger charge is -1.95. The zero-order valence-electron chi connectivity index (χ0n) is 16.4. The molecule has 2 aromatic rings. The van der Waals surface area contributed by atoms with Crippen molar-refractivity contribution in [1.82, 2.24) is 0 Å². The van der Waals surface area contributed by atoms with Crippen LogP contribution in [0.4, 0.5) is 0 Å². The Hall–Kier alpha value is -4.19. The van der Waals surface area contributed by atoms with Gasteiger partial charge in [0, 0.05) is 17.7 Å². The van der Waals surface area contributed by atoms with Crippen molar-refractivity contribution in [2.45, 2.75) is 6.92 Å². The van der Waals surface area contributed by atoms with Crippen LogP contribution >= 0.6 is 0 Å². The molecule has 6 heteroatoms.